The van der Waals surface area contributed by atoms with Gasteiger partial charge in [-0.05, 0) is 18.1 Å². The Morgan fingerprint density at radius 2 is 2.05 bits per heavy atom. The molecule has 0 radical (unpaired) electrons. The normalized spacial score (nSPS) is 13.7. The summed E-state index contributed by atoms with van der Waals surface area (Å²) in [4.78, 5) is 23.0. The van der Waals surface area contributed by atoms with Gasteiger partial charge in [0.15, 0.2) is 0 Å². The lowest BCUT2D eigenvalue weighted by Crippen LogP contribution is -2.44. The Balaban J connectivity index is 2.76. The molecule has 21 heavy (non-hydrogen) atoms. The molecule has 0 aliphatic heterocycles. The summed E-state index contributed by atoms with van der Waals surface area (Å²) in [5.74, 6) is -0.943. The largest absolute Gasteiger partial charge is 0.496 e. The van der Waals surface area contributed by atoms with Crippen molar-refractivity contribution in [3.05, 3.63) is 35.9 Å². The van der Waals surface area contributed by atoms with Gasteiger partial charge in [0.1, 0.15) is 11.8 Å². The average Bonchev–Trinajstić information content (AvgIpc) is 2.49. The van der Waals surface area contributed by atoms with Crippen LogP contribution in [0.5, 0.6) is 5.75 Å². The first-order valence-corrected chi connectivity index (χ1v) is 6.84. The van der Waals surface area contributed by atoms with E-state index in [2.05, 4.69) is 5.32 Å². The molecule has 114 valence electrons. The fourth-order valence-electron chi connectivity index (χ4n) is 1.85. The number of hydrogen-bond acceptors (Lipinski definition) is 3. The first-order chi connectivity index (χ1) is 9.99. The molecule has 1 rings (SSSR count). The number of hydrogen-bond donors (Lipinski definition) is 2. The van der Waals surface area contributed by atoms with Gasteiger partial charge in [-0.1, -0.05) is 38.5 Å². The molecule has 0 saturated heterocycles. The van der Waals surface area contributed by atoms with E-state index < -0.39 is 17.9 Å². The van der Waals surface area contributed by atoms with Gasteiger partial charge in [0.25, 0.3) is 0 Å². The van der Waals surface area contributed by atoms with E-state index in [0.717, 1.165) is 5.56 Å². The maximum atomic E-state index is 11.8. The lowest BCUT2D eigenvalue weighted by atomic mass is 9.99. The van der Waals surface area contributed by atoms with Crippen LogP contribution in [0.2, 0.25) is 0 Å². The Labute approximate surface area is 124 Å². The molecular formula is C16H21NO4. The Morgan fingerprint density at radius 1 is 1.38 bits per heavy atom. The lowest BCUT2D eigenvalue weighted by Gasteiger charge is -2.19. The summed E-state index contributed by atoms with van der Waals surface area (Å²) >= 11 is 0. The summed E-state index contributed by atoms with van der Waals surface area (Å²) in [6.07, 6.45) is 3.59. The smallest absolute Gasteiger partial charge is 0.326 e. The third kappa shape index (κ3) is 4.95. The van der Waals surface area contributed by atoms with Crippen molar-refractivity contribution in [1.82, 2.24) is 5.32 Å². The second-order valence-electron chi connectivity index (χ2n) is 4.79. The molecule has 1 aromatic rings. The zero-order chi connectivity index (χ0) is 15.8. The molecule has 0 spiro atoms. The molecule has 0 heterocycles. The topological polar surface area (TPSA) is 75.6 Å². The maximum absolute atomic E-state index is 11.8. The Hall–Kier alpha value is -2.30. The van der Waals surface area contributed by atoms with Crippen molar-refractivity contribution in [2.45, 2.75) is 26.3 Å². The summed E-state index contributed by atoms with van der Waals surface area (Å²) in [7, 11) is 1.55. The highest BCUT2D eigenvalue weighted by molar-refractivity contribution is 5.94. The number of rotatable bonds is 7. The summed E-state index contributed by atoms with van der Waals surface area (Å²) < 4.78 is 5.18. The molecule has 5 heteroatoms. The van der Waals surface area contributed by atoms with Gasteiger partial charge >= 0.3 is 5.97 Å². The summed E-state index contributed by atoms with van der Waals surface area (Å²) in [5.41, 5.74) is 0.755. The minimum atomic E-state index is -1.02. The fourth-order valence-corrected chi connectivity index (χ4v) is 1.85. The molecule has 0 fully saturated rings. The zero-order valence-electron chi connectivity index (χ0n) is 12.5. The molecule has 0 aromatic heterocycles. The molecule has 0 bridgehead atoms. The number of aliphatic carboxylic acids is 1. The summed E-state index contributed by atoms with van der Waals surface area (Å²) in [6.45, 7) is 3.68. The average molecular weight is 291 g/mol. The van der Waals surface area contributed by atoms with Crippen molar-refractivity contribution in [1.29, 1.82) is 0 Å². The minimum Gasteiger partial charge on any atom is -0.496 e. The third-order valence-corrected chi connectivity index (χ3v) is 3.33. The van der Waals surface area contributed by atoms with Crippen molar-refractivity contribution in [2.24, 2.45) is 5.92 Å². The summed E-state index contributed by atoms with van der Waals surface area (Å²) in [6, 6.07) is 6.38. The molecule has 2 N–H and O–H groups in total. The number of nitrogens with one attached hydrogen (secondary N) is 1. The van der Waals surface area contributed by atoms with Crippen LogP contribution in [-0.2, 0) is 9.59 Å². The molecule has 1 unspecified atom stereocenters. The van der Waals surface area contributed by atoms with Gasteiger partial charge in [0, 0.05) is 11.6 Å². The Morgan fingerprint density at radius 3 is 2.62 bits per heavy atom. The van der Waals surface area contributed by atoms with E-state index in [1.165, 1.54) is 6.08 Å². The highest BCUT2D eigenvalue weighted by Crippen LogP contribution is 2.18. The standard InChI is InChI=1S/C16H21NO4/c1-4-11(2)15(16(19)20)17-14(18)10-9-12-7-5-6-8-13(12)21-3/h5-11,15H,4H2,1-3H3,(H,17,18)(H,19,20)/t11?,15-/m0/s1. The van der Waals surface area contributed by atoms with Crippen molar-refractivity contribution < 1.29 is 19.4 Å². The van der Waals surface area contributed by atoms with E-state index in [9.17, 15) is 9.59 Å². The number of ether oxygens (including phenoxy) is 1. The lowest BCUT2D eigenvalue weighted by molar-refractivity contribution is -0.142. The maximum Gasteiger partial charge on any atom is 0.326 e. The SMILES string of the molecule is CCC(C)[C@H](NC(=O)C=Cc1ccccc1OC)C(=O)O. The highest BCUT2D eigenvalue weighted by Gasteiger charge is 2.24. The second-order valence-corrected chi connectivity index (χ2v) is 4.79. The van der Waals surface area contributed by atoms with Gasteiger partial charge in [0.05, 0.1) is 7.11 Å². The predicted octanol–water partition coefficient (Wildman–Crippen LogP) is 2.32. The molecular weight excluding hydrogens is 270 g/mol. The predicted molar refractivity (Wildman–Crippen MR) is 81.0 cm³/mol. The number of benzene rings is 1. The molecule has 0 saturated carbocycles. The number of para-hydroxylation sites is 1. The van der Waals surface area contributed by atoms with Crippen LogP contribution in [0.3, 0.4) is 0 Å². The fraction of sp³-hybridized carbons (Fsp3) is 0.375. The van der Waals surface area contributed by atoms with Crippen LogP contribution in [0.1, 0.15) is 25.8 Å². The van der Waals surface area contributed by atoms with Gasteiger partial charge in [-0.25, -0.2) is 4.79 Å². The van der Waals surface area contributed by atoms with Gasteiger partial charge < -0.3 is 15.2 Å². The molecule has 2 atom stereocenters. The number of carboxylic acid groups (broad SMARTS) is 1. The van der Waals surface area contributed by atoms with E-state index in [1.807, 2.05) is 25.1 Å². The van der Waals surface area contributed by atoms with Crippen molar-refractivity contribution in [3.8, 4) is 5.75 Å². The van der Waals surface area contributed by atoms with Crippen LogP contribution < -0.4 is 10.1 Å². The van der Waals surface area contributed by atoms with Crippen LogP contribution in [0.4, 0.5) is 0 Å². The van der Waals surface area contributed by atoms with Crippen LogP contribution in [0.25, 0.3) is 6.08 Å². The van der Waals surface area contributed by atoms with Gasteiger partial charge in [-0.15, -0.1) is 0 Å². The van der Waals surface area contributed by atoms with Crippen molar-refractivity contribution in [3.63, 3.8) is 0 Å². The molecule has 1 aromatic carbocycles. The first kappa shape index (κ1) is 16.8. The van der Waals surface area contributed by atoms with Crippen LogP contribution in [0.15, 0.2) is 30.3 Å². The molecule has 5 nitrogen and oxygen atoms in total. The van der Waals surface area contributed by atoms with Crippen LogP contribution in [0, 0.1) is 5.92 Å². The molecule has 0 aliphatic carbocycles. The van der Waals surface area contributed by atoms with E-state index in [4.69, 9.17) is 9.84 Å². The quantitative estimate of drug-likeness (QED) is 0.756. The van der Waals surface area contributed by atoms with E-state index >= 15 is 0 Å². The first-order valence-electron chi connectivity index (χ1n) is 6.84. The Bertz CT molecular complexity index is 525. The number of amides is 1. The third-order valence-electron chi connectivity index (χ3n) is 3.33. The Kier molecular flexibility index (Phi) is 6.46. The van der Waals surface area contributed by atoms with Gasteiger partial charge in [-0.3, -0.25) is 4.79 Å². The van der Waals surface area contributed by atoms with Crippen molar-refractivity contribution in [2.75, 3.05) is 7.11 Å². The minimum absolute atomic E-state index is 0.133. The summed E-state index contributed by atoms with van der Waals surface area (Å²) in [5, 5.41) is 11.6. The van der Waals surface area contributed by atoms with Crippen molar-refractivity contribution >= 4 is 18.0 Å². The van der Waals surface area contributed by atoms with Gasteiger partial charge in [-0.2, -0.15) is 0 Å². The van der Waals surface area contributed by atoms with Crippen LogP contribution >= 0.6 is 0 Å². The van der Waals surface area contributed by atoms with Crippen LogP contribution in [-0.4, -0.2) is 30.1 Å². The second kappa shape index (κ2) is 8.09. The number of carboxylic acids is 1. The highest BCUT2D eigenvalue weighted by atomic mass is 16.5. The van der Waals surface area contributed by atoms with E-state index in [1.54, 1.807) is 26.2 Å². The monoisotopic (exact) mass is 291 g/mol. The molecule has 0 aliphatic rings. The number of carbonyl (C=O) groups is 2. The number of carbonyl (C=O) groups excluding carboxylic acids is 1. The molecule has 1 amide bonds. The van der Waals surface area contributed by atoms with E-state index in [0.29, 0.717) is 12.2 Å². The zero-order valence-corrected chi connectivity index (χ0v) is 12.5. The van der Waals surface area contributed by atoms with Gasteiger partial charge in [0.2, 0.25) is 5.91 Å². The van der Waals surface area contributed by atoms with E-state index in [-0.39, 0.29) is 5.92 Å². The number of methoxy groups -OCH3 is 1.